The average molecular weight is 282 g/mol. The highest BCUT2D eigenvalue weighted by Gasteiger charge is 2.07. The number of aromatic nitrogens is 6. The van der Waals surface area contributed by atoms with Crippen LogP contribution in [0.4, 0.5) is 11.9 Å². The highest BCUT2D eigenvalue weighted by Crippen LogP contribution is 2.07. The van der Waals surface area contributed by atoms with Crippen molar-refractivity contribution in [2.75, 3.05) is 36.2 Å². The largest absolute Gasteiger partial charge is 0.357 e. The Morgan fingerprint density at radius 3 is 2.74 bits per heavy atom. The van der Waals surface area contributed by atoms with E-state index >= 15 is 0 Å². The maximum absolute atomic E-state index is 11.0. The van der Waals surface area contributed by atoms with E-state index in [0.29, 0.717) is 30.1 Å². The molecule has 9 nitrogen and oxygen atoms in total. The standard InChI is InChI=1S/C9H14N8OS/c1-10-7-14-8(12-3-4-19(2)18)16-9(15-7)17-6-11-5-13-17/h5-6H,3-4H2,1-2H3,(H2,10,12,14,15,16). The van der Waals surface area contributed by atoms with E-state index in [1.807, 2.05) is 0 Å². The second kappa shape index (κ2) is 6.18. The SMILES string of the molecule is CNc1nc(NCCS(C)=O)nc(-n2cncn2)n1. The van der Waals surface area contributed by atoms with E-state index in [4.69, 9.17) is 0 Å². The van der Waals surface area contributed by atoms with Gasteiger partial charge in [-0.25, -0.2) is 4.98 Å². The molecule has 0 saturated carbocycles. The molecule has 102 valence electrons. The second-order valence-electron chi connectivity index (χ2n) is 3.58. The van der Waals surface area contributed by atoms with Crippen molar-refractivity contribution in [3.63, 3.8) is 0 Å². The highest BCUT2D eigenvalue weighted by molar-refractivity contribution is 7.84. The molecule has 2 heterocycles. The van der Waals surface area contributed by atoms with Crippen molar-refractivity contribution in [3.8, 4) is 5.95 Å². The summed E-state index contributed by atoms with van der Waals surface area (Å²) in [5.74, 6) is 1.70. The van der Waals surface area contributed by atoms with Crippen LogP contribution in [-0.2, 0) is 10.8 Å². The fraction of sp³-hybridized carbons (Fsp3) is 0.444. The van der Waals surface area contributed by atoms with E-state index < -0.39 is 10.8 Å². The molecule has 0 saturated heterocycles. The van der Waals surface area contributed by atoms with Gasteiger partial charge in [0, 0.05) is 36.4 Å². The lowest BCUT2D eigenvalue weighted by Gasteiger charge is -2.07. The van der Waals surface area contributed by atoms with E-state index in [1.165, 1.54) is 17.3 Å². The maximum Gasteiger partial charge on any atom is 0.258 e. The Bertz CT molecular complexity index is 557. The topological polar surface area (TPSA) is 111 Å². The molecule has 0 aromatic carbocycles. The molecular formula is C9H14N8OS. The van der Waals surface area contributed by atoms with Gasteiger partial charge in [-0.05, 0) is 0 Å². The minimum atomic E-state index is -0.858. The van der Waals surface area contributed by atoms with E-state index in [-0.39, 0.29) is 0 Å². The number of nitrogens with zero attached hydrogens (tertiary/aromatic N) is 6. The Balaban J connectivity index is 2.19. The van der Waals surface area contributed by atoms with Crippen LogP contribution in [0.5, 0.6) is 0 Å². The molecule has 19 heavy (non-hydrogen) atoms. The molecule has 0 aliphatic heterocycles. The van der Waals surface area contributed by atoms with Crippen LogP contribution < -0.4 is 10.6 Å². The number of nitrogens with one attached hydrogen (secondary N) is 2. The molecule has 0 amide bonds. The molecule has 2 rings (SSSR count). The number of anilines is 2. The summed E-state index contributed by atoms with van der Waals surface area (Å²) < 4.78 is 12.4. The number of hydrogen-bond donors (Lipinski definition) is 2. The van der Waals surface area contributed by atoms with Crippen molar-refractivity contribution in [2.45, 2.75) is 0 Å². The van der Waals surface area contributed by atoms with Crippen molar-refractivity contribution >= 4 is 22.7 Å². The molecule has 1 atom stereocenters. The van der Waals surface area contributed by atoms with Crippen LogP contribution in [-0.4, -0.2) is 59.5 Å². The van der Waals surface area contributed by atoms with Gasteiger partial charge >= 0.3 is 0 Å². The Morgan fingerprint density at radius 2 is 2.11 bits per heavy atom. The lowest BCUT2D eigenvalue weighted by Crippen LogP contribution is -2.15. The molecule has 0 spiro atoms. The van der Waals surface area contributed by atoms with Gasteiger partial charge in [0.25, 0.3) is 5.95 Å². The van der Waals surface area contributed by atoms with Gasteiger partial charge in [0.1, 0.15) is 12.7 Å². The van der Waals surface area contributed by atoms with Crippen molar-refractivity contribution in [2.24, 2.45) is 0 Å². The lowest BCUT2D eigenvalue weighted by molar-refractivity contribution is 0.687. The Kier molecular flexibility index (Phi) is 4.34. The van der Waals surface area contributed by atoms with Gasteiger partial charge in [-0.1, -0.05) is 0 Å². The number of rotatable bonds is 6. The van der Waals surface area contributed by atoms with Crippen molar-refractivity contribution < 1.29 is 4.21 Å². The van der Waals surface area contributed by atoms with Crippen LogP contribution in [0.2, 0.25) is 0 Å². The molecule has 10 heteroatoms. The van der Waals surface area contributed by atoms with Gasteiger partial charge in [0.05, 0.1) is 0 Å². The summed E-state index contributed by atoms with van der Waals surface area (Å²) in [7, 11) is 0.855. The van der Waals surface area contributed by atoms with Crippen LogP contribution in [0.15, 0.2) is 12.7 Å². The summed E-state index contributed by atoms with van der Waals surface area (Å²) in [5, 5.41) is 9.80. The van der Waals surface area contributed by atoms with Crippen LogP contribution in [0.1, 0.15) is 0 Å². The zero-order valence-electron chi connectivity index (χ0n) is 10.6. The average Bonchev–Trinajstić information content (AvgIpc) is 2.92. The van der Waals surface area contributed by atoms with E-state index in [0.717, 1.165) is 0 Å². The monoisotopic (exact) mass is 282 g/mol. The summed E-state index contributed by atoms with van der Waals surface area (Å²) in [6, 6.07) is 0. The smallest absolute Gasteiger partial charge is 0.258 e. The fourth-order valence-corrected chi connectivity index (χ4v) is 1.67. The summed E-state index contributed by atoms with van der Waals surface area (Å²) in [4.78, 5) is 16.4. The molecule has 2 aromatic rings. The molecule has 0 radical (unpaired) electrons. The molecule has 2 N–H and O–H groups in total. The second-order valence-corrected chi connectivity index (χ2v) is 5.13. The third-order valence-electron chi connectivity index (χ3n) is 2.14. The summed E-state index contributed by atoms with van der Waals surface area (Å²) >= 11 is 0. The van der Waals surface area contributed by atoms with Crippen molar-refractivity contribution in [1.29, 1.82) is 0 Å². The molecule has 2 aromatic heterocycles. The maximum atomic E-state index is 11.0. The van der Waals surface area contributed by atoms with Crippen LogP contribution in [0, 0.1) is 0 Å². The zero-order chi connectivity index (χ0) is 13.7. The summed E-state index contributed by atoms with van der Waals surface area (Å²) in [6.07, 6.45) is 4.55. The Hall–Kier alpha value is -2.10. The van der Waals surface area contributed by atoms with Crippen LogP contribution in [0.25, 0.3) is 5.95 Å². The van der Waals surface area contributed by atoms with Gasteiger partial charge in [-0.3, -0.25) is 4.21 Å². The predicted octanol–water partition coefficient (Wildman–Crippen LogP) is -0.716. The first-order valence-corrected chi connectivity index (χ1v) is 7.24. The first-order chi connectivity index (χ1) is 9.19. The van der Waals surface area contributed by atoms with Crippen molar-refractivity contribution in [3.05, 3.63) is 12.7 Å². The first kappa shape index (κ1) is 13.3. The van der Waals surface area contributed by atoms with E-state index in [2.05, 4.69) is 35.7 Å². The van der Waals surface area contributed by atoms with Gasteiger partial charge in [-0.2, -0.15) is 24.7 Å². The predicted molar refractivity (Wildman–Crippen MR) is 71.7 cm³/mol. The molecular weight excluding hydrogens is 268 g/mol. The lowest BCUT2D eigenvalue weighted by atomic mass is 10.7. The Labute approximate surface area is 112 Å². The third-order valence-corrected chi connectivity index (χ3v) is 2.92. The quantitative estimate of drug-likeness (QED) is 0.714. The van der Waals surface area contributed by atoms with Crippen LogP contribution in [0.3, 0.4) is 0 Å². The number of hydrogen-bond acceptors (Lipinski definition) is 8. The minimum Gasteiger partial charge on any atom is -0.357 e. The van der Waals surface area contributed by atoms with Crippen LogP contribution >= 0.6 is 0 Å². The molecule has 0 aliphatic rings. The first-order valence-electron chi connectivity index (χ1n) is 5.52. The van der Waals surface area contributed by atoms with Gasteiger partial charge in [0.2, 0.25) is 11.9 Å². The Morgan fingerprint density at radius 1 is 1.32 bits per heavy atom. The molecule has 0 aliphatic carbocycles. The van der Waals surface area contributed by atoms with Gasteiger partial charge in [0.15, 0.2) is 0 Å². The minimum absolute atomic E-state index is 0.358. The summed E-state index contributed by atoms with van der Waals surface area (Å²) in [5.41, 5.74) is 0. The zero-order valence-corrected chi connectivity index (χ0v) is 11.4. The highest BCUT2D eigenvalue weighted by atomic mass is 32.2. The fourth-order valence-electron chi connectivity index (χ4n) is 1.28. The van der Waals surface area contributed by atoms with Gasteiger partial charge in [-0.15, -0.1) is 0 Å². The molecule has 1 unspecified atom stereocenters. The third kappa shape index (κ3) is 3.68. The normalized spacial score (nSPS) is 12.1. The van der Waals surface area contributed by atoms with E-state index in [9.17, 15) is 4.21 Å². The molecule has 0 bridgehead atoms. The summed E-state index contributed by atoms with van der Waals surface area (Å²) in [6.45, 7) is 0.521. The molecule has 0 fully saturated rings. The van der Waals surface area contributed by atoms with E-state index in [1.54, 1.807) is 13.3 Å². The van der Waals surface area contributed by atoms with Crippen molar-refractivity contribution in [1.82, 2.24) is 29.7 Å². The van der Waals surface area contributed by atoms with Gasteiger partial charge < -0.3 is 10.6 Å².